The van der Waals surface area contributed by atoms with Gasteiger partial charge in [0.25, 0.3) is 5.56 Å². The topological polar surface area (TPSA) is 70.0 Å². The Balaban J connectivity index is 1.95. The minimum atomic E-state index is -4.60. The summed E-state index contributed by atoms with van der Waals surface area (Å²) in [5, 5.41) is 3.81. The van der Waals surface area contributed by atoms with Crippen LogP contribution in [0.5, 0.6) is 0 Å². The van der Waals surface area contributed by atoms with Crippen molar-refractivity contribution in [2.75, 3.05) is 0 Å². The fourth-order valence-corrected chi connectivity index (χ4v) is 2.78. The molecule has 0 amide bonds. The lowest BCUT2D eigenvalue weighted by molar-refractivity contribution is -0.138. The summed E-state index contributed by atoms with van der Waals surface area (Å²) in [5.74, 6) is 0.00422. The second kappa shape index (κ2) is 6.32. The van der Waals surface area contributed by atoms with Gasteiger partial charge in [0.05, 0.1) is 12.1 Å². The average Bonchev–Trinajstić information content (AvgIpc) is 3.16. The Kier molecular flexibility index (Phi) is 4.31. The molecule has 3 aromatic heterocycles. The molecule has 0 fully saturated rings. The normalized spacial score (nSPS) is 11.7. The van der Waals surface area contributed by atoms with E-state index in [0.29, 0.717) is 35.0 Å². The van der Waals surface area contributed by atoms with Gasteiger partial charge in [-0.3, -0.25) is 14.2 Å². The molecule has 0 aliphatic heterocycles. The first-order valence-corrected chi connectivity index (χ1v) is 7.59. The highest BCUT2D eigenvalue weighted by Gasteiger charge is 2.31. The van der Waals surface area contributed by atoms with Crippen molar-refractivity contribution in [2.24, 2.45) is 0 Å². The van der Waals surface area contributed by atoms with Crippen LogP contribution in [0.15, 0.2) is 46.0 Å². The van der Waals surface area contributed by atoms with E-state index in [1.165, 1.54) is 6.26 Å². The number of Topliss-reactive ketones (excluding diaryl/α,β-unsaturated/α-hetero) is 1. The van der Waals surface area contributed by atoms with Gasteiger partial charge in [0.1, 0.15) is 6.26 Å². The van der Waals surface area contributed by atoms with Crippen LogP contribution in [0.1, 0.15) is 27.3 Å². The average molecular weight is 365 g/mol. The third-order valence-electron chi connectivity index (χ3n) is 4.01. The molecule has 3 rings (SSSR count). The minimum absolute atomic E-state index is 0.301. The lowest BCUT2D eigenvalue weighted by atomic mass is 10.1. The zero-order valence-corrected chi connectivity index (χ0v) is 13.9. The van der Waals surface area contributed by atoms with Crippen LogP contribution in [-0.2, 0) is 12.7 Å². The van der Waals surface area contributed by atoms with E-state index < -0.39 is 29.6 Å². The Morgan fingerprint density at radius 1 is 1.23 bits per heavy atom. The van der Waals surface area contributed by atoms with Crippen molar-refractivity contribution in [3.05, 3.63) is 69.6 Å². The Hall–Kier alpha value is -3.10. The number of pyridine rings is 1. The molecule has 0 saturated heterocycles. The van der Waals surface area contributed by atoms with Crippen molar-refractivity contribution in [3.8, 4) is 5.82 Å². The van der Waals surface area contributed by atoms with Gasteiger partial charge < -0.3 is 9.09 Å². The van der Waals surface area contributed by atoms with E-state index in [2.05, 4.69) is 5.16 Å². The van der Waals surface area contributed by atoms with Crippen molar-refractivity contribution in [1.29, 1.82) is 0 Å². The summed E-state index contributed by atoms with van der Waals surface area (Å²) in [6.07, 6.45) is -2.56. The smallest absolute Gasteiger partial charge is 0.363 e. The van der Waals surface area contributed by atoms with Gasteiger partial charge in [0.15, 0.2) is 11.6 Å². The Bertz CT molecular complexity index is 1010. The first kappa shape index (κ1) is 17.7. The summed E-state index contributed by atoms with van der Waals surface area (Å²) in [5.41, 5.74) is -0.109. The highest BCUT2D eigenvalue weighted by molar-refractivity contribution is 5.97. The number of carbonyl (C=O) groups excluding carboxylic acids is 1. The number of aryl methyl sites for hydroxylation is 1. The van der Waals surface area contributed by atoms with Crippen LogP contribution >= 0.6 is 0 Å². The summed E-state index contributed by atoms with van der Waals surface area (Å²) in [6.45, 7) is 2.95. The van der Waals surface area contributed by atoms with Crippen LogP contribution < -0.4 is 5.56 Å². The van der Waals surface area contributed by atoms with Gasteiger partial charge in [-0.05, 0) is 26.0 Å². The second-order valence-corrected chi connectivity index (χ2v) is 5.78. The van der Waals surface area contributed by atoms with E-state index >= 15 is 0 Å². The molecule has 136 valence electrons. The predicted octanol–water partition coefficient (Wildman–Crippen LogP) is 3.15. The third kappa shape index (κ3) is 3.19. The van der Waals surface area contributed by atoms with Crippen LogP contribution in [0.2, 0.25) is 0 Å². The molecular formula is C17H14F3N3O3. The highest BCUT2D eigenvalue weighted by Crippen LogP contribution is 2.28. The predicted molar refractivity (Wildman–Crippen MR) is 85.3 cm³/mol. The number of halogens is 3. The number of nitrogens with zero attached hydrogens (tertiary/aromatic N) is 3. The Morgan fingerprint density at radius 3 is 2.58 bits per heavy atom. The van der Waals surface area contributed by atoms with Crippen LogP contribution in [-0.4, -0.2) is 20.1 Å². The number of ketones is 1. The molecule has 0 aliphatic carbocycles. The number of rotatable bonds is 4. The minimum Gasteiger partial charge on any atom is -0.363 e. The Morgan fingerprint density at radius 2 is 1.96 bits per heavy atom. The number of aromatic nitrogens is 3. The number of hydrogen-bond acceptors (Lipinski definition) is 4. The highest BCUT2D eigenvalue weighted by atomic mass is 19.4. The van der Waals surface area contributed by atoms with E-state index in [4.69, 9.17) is 4.52 Å². The molecule has 0 aliphatic rings. The first-order valence-electron chi connectivity index (χ1n) is 7.59. The molecule has 3 heterocycles. The summed E-state index contributed by atoms with van der Waals surface area (Å²) < 4.78 is 45.7. The van der Waals surface area contributed by atoms with Crippen molar-refractivity contribution in [1.82, 2.24) is 14.3 Å². The van der Waals surface area contributed by atoms with Crippen molar-refractivity contribution >= 4 is 5.78 Å². The zero-order chi connectivity index (χ0) is 19.1. The van der Waals surface area contributed by atoms with Crippen LogP contribution in [0, 0.1) is 13.8 Å². The van der Waals surface area contributed by atoms with Gasteiger partial charge >= 0.3 is 6.18 Å². The molecule has 0 unspecified atom stereocenters. The Labute approximate surface area is 145 Å². The lowest BCUT2D eigenvalue weighted by Crippen LogP contribution is -2.25. The van der Waals surface area contributed by atoms with Gasteiger partial charge in [-0.15, -0.1) is 0 Å². The molecule has 0 saturated carbocycles. The number of alkyl halides is 3. The van der Waals surface area contributed by atoms with Gasteiger partial charge in [0.2, 0.25) is 0 Å². The molecule has 6 nitrogen and oxygen atoms in total. The van der Waals surface area contributed by atoms with E-state index in [1.54, 1.807) is 30.5 Å². The monoisotopic (exact) mass is 365 g/mol. The van der Waals surface area contributed by atoms with Gasteiger partial charge in [0, 0.05) is 35.3 Å². The standard InChI is InChI=1S/C17H14F3N3O3/c1-10-7-13(11(2)23(10)15-5-6-26-21-15)14(24)9-22-8-12(17(18,19)20)3-4-16(22)25/h3-8H,9H2,1-2H3. The van der Waals surface area contributed by atoms with Crippen molar-refractivity contribution in [2.45, 2.75) is 26.6 Å². The SMILES string of the molecule is Cc1cc(C(=O)Cn2cc(C(F)(F)F)ccc2=O)c(C)n1-c1ccon1. The van der Waals surface area contributed by atoms with E-state index in [1.807, 2.05) is 0 Å². The van der Waals surface area contributed by atoms with E-state index in [-0.39, 0.29) is 0 Å². The van der Waals surface area contributed by atoms with E-state index in [0.717, 1.165) is 10.6 Å². The first-order chi connectivity index (χ1) is 12.2. The van der Waals surface area contributed by atoms with Gasteiger partial charge in [-0.25, -0.2) is 0 Å². The molecule has 0 bridgehead atoms. The molecule has 26 heavy (non-hydrogen) atoms. The van der Waals surface area contributed by atoms with Crippen LogP contribution in [0.25, 0.3) is 5.82 Å². The molecule has 9 heteroatoms. The summed E-state index contributed by atoms with van der Waals surface area (Å²) >= 11 is 0. The van der Waals surface area contributed by atoms with Crippen molar-refractivity contribution < 1.29 is 22.5 Å². The summed E-state index contributed by atoms with van der Waals surface area (Å²) in [7, 11) is 0. The summed E-state index contributed by atoms with van der Waals surface area (Å²) in [6, 6.07) is 4.71. The maximum absolute atomic E-state index is 12.8. The molecule has 0 N–H and O–H groups in total. The molecular weight excluding hydrogens is 351 g/mol. The maximum atomic E-state index is 12.8. The quantitative estimate of drug-likeness (QED) is 0.666. The van der Waals surface area contributed by atoms with Gasteiger partial charge in [-0.2, -0.15) is 13.2 Å². The number of carbonyl (C=O) groups is 1. The fourth-order valence-electron chi connectivity index (χ4n) is 2.78. The molecule has 0 spiro atoms. The second-order valence-electron chi connectivity index (χ2n) is 5.78. The number of hydrogen-bond donors (Lipinski definition) is 0. The van der Waals surface area contributed by atoms with Crippen LogP contribution in [0.4, 0.5) is 13.2 Å². The molecule has 3 aromatic rings. The molecule has 0 radical (unpaired) electrons. The third-order valence-corrected chi connectivity index (χ3v) is 4.01. The van der Waals surface area contributed by atoms with Crippen LogP contribution in [0.3, 0.4) is 0 Å². The fraction of sp³-hybridized carbons (Fsp3) is 0.235. The van der Waals surface area contributed by atoms with E-state index in [9.17, 15) is 22.8 Å². The molecule has 0 aromatic carbocycles. The lowest BCUT2D eigenvalue weighted by Gasteiger charge is -2.10. The van der Waals surface area contributed by atoms with Gasteiger partial charge in [-0.1, -0.05) is 5.16 Å². The van der Waals surface area contributed by atoms with Crippen molar-refractivity contribution in [3.63, 3.8) is 0 Å². The largest absolute Gasteiger partial charge is 0.417 e. The maximum Gasteiger partial charge on any atom is 0.417 e. The molecule has 0 atom stereocenters. The summed E-state index contributed by atoms with van der Waals surface area (Å²) in [4.78, 5) is 24.4. The zero-order valence-electron chi connectivity index (χ0n) is 13.9.